The molecule has 1 aliphatic heterocycles. The fourth-order valence-electron chi connectivity index (χ4n) is 3.26. The highest BCUT2D eigenvalue weighted by molar-refractivity contribution is 5.84. The van der Waals surface area contributed by atoms with Gasteiger partial charge in [-0.3, -0.25) is 4.79 Å². The molecule has 2 aliphatic rings. The summed E-state index contributed by atoms with van der Waals surface area (Å²) in [4.78, 5) is 12.3. The number of ketones is 1. The van der Waals surface area contributed by atoms with Crippen molar-refractivity contribution < 1.29 is 9.53 Å². The van der Waals surface area contributed by atoms with Crippen LogP contribution in [0.2, 0.25) is 0 Å². The van der Waals surface area contributed by atoms with Gasteiger partial charge in [-0.2, -0.15) is 0 Å². The van der Waals surface area contributed by atoms with Gasteiger partial charge in [-0.05, 0) is 44.9 Å². The van der Waals surface area contributed by atoms with Crippen molar-refractivity contribution in [2.45, 2.75) is 58.5 Å². The van der Waals surface area contributed by atoms with Crippen LogP contribution in [0, 0.1) is 17.8 Å². The fraction of sp³-hybridized carbons (Fsp3) is 0.929. The molecule has 2 atom stereocenters. The first-order valence-electron chi connectivity index (χ1n) is 6.87. The molecular formula is C14H24O2. The average Bonchev–Trinajstić information content (AvgIpc) is 2.75. The maximum atomic E-state index is 12.3. The number of ether oxygens (including phenoxy) is 1. The second kappa shape index (κ2) is 5.31. The fourth-order valence-corrected chi connectivity index (χ4v) is 3.26. The molecule has 2 unspecified atom stereocenters. The predicted octanol–water partition coefficient (Wildman–Crippen LogP) is 3.20. The first-order chi connectivity index (χ1) is 7.72. The largest absolute Gasteiger partial charge is 0.378 e. The zero-order chi connectivity index (χ0) is 11.5. The Labute approximate surface area is 98.7 Å². The molecule has 0 radical (unpaired) electrons. The van der Waals surface area contributed by atoms with Crippen molar-refractivity contribution >= 4 is 5.78 Å². The molecule has 1 heterocycles. The maximum Gasteiger partial charge on any atom is 0.141 e. The van der Waals surface area contributed by atoms with Crippen LogP contribution in [-0.4, -0.2) is 18.5 Å². The van der Waals surface area contributed by atoms with Crippen LogP contribution in [0.15, 0.2) is 0 Å². The van der Waals surface area contributed by atoms with E-state index in [9.17, 15) is 4.79 Å². The summed E-state index contributed by atoms with van der Waals surface area (Å²) in [6, 6.07) is 0. The summed E-state index contributed by atoms with van der Waals surface area (Å²) in [6.45, 7) is 5.09. The van der Waals surface area contributed by atoms with Crippen LogP contribution in [0.25, 0.3) is 0 Å². The van der Waals surface area contributed by atoms with Crippen molar-refractivity contribution in [2.24, 2.45) is 17.8 Å². The highest BCUT2D eigenvalue weighted by Crippen LogP contribution is 2.35. The molecule has 2 nitrogen and oxygen atoms in total. The maximum absolute atomic E-state index is 12.3. The van der Waals surface area contributed by atoms with Crippen molar-refractivity contribution in [3.8, 4) is 0 Å². The molecule has 0 bridgehead atoms. The lowest BCUT2D eigenvalue weighted by atomic mass is 9.75. The lowest BCUT2D eigenvalue weighted by Gasteiger charge is -2.29. The molecule has 0 spiro atoms. The van der Waals surface area contributed by atoms with Gasteiger partial charge in [0.05, 0.1) is 6.10 Å². The van der Waals surface area contributed by atoms with Crippen molar-refractivity contribution in [1.29, 1.82) is 0 Å². The molecule has 2 fully saturated rings. The second-order valence-electron chi connectivity index (χ2n) is 5.50. The van der Waals surface area contributed by atoms with Crippen LogP contribution in [0.5, 0.6) is 0 Å². The number of rotatable bonds is 3. The van der Waals surface area contributed by atoms with Crippen molar-refractivity contribution in [3.05, 3.63) is 0 Å². The first kappa shape index (κ1) is 12.1. The van der Waals surface area contributed by atoms with Crippen molar-refractivity contribution in [1.82, 2.24) is 0 Å². The lowest BCUT2D eigenvalue weighted by molar-refractivity contribution is -0.129. The van der Waals surface area contributed by atoms with Gasteiger partial charge in [0.2, 0.25) is 0 Å². The first-order valence-corrected chi connectivity index (χ1v) is 6.87. The molecule has 1 saturated carbocycles. The number of hydrogen-bond donors (Lipinski definition) is 0. The molecule has 0 aromatic carbocycles. The summed E-state index contributed by atoms with van der Waals surface area (Å²) in [5.41, 5.74) is 0. The Morgan fingerprint density at radius 2 is 1.88 bits per heavy atom. The monoisotopic (exact) mass is 224 g/mol. The molecular weight excluding hydrogens is 200 g/mol. The molecule has 1 saturated heterocycles. The number of hydrogen-bond acceptors (Lipinski definition) is 2. The number of carbonyl (C=O) groups is 1. The van der Waals surface area contributed by atoms with Crippen LogP contribution in [0.4, 0.5) is 0 Å². The highest BCUT2D eigenvalue weighted by atomic mass is 16.5. The van der Waals surface area contributed by atoms with E-state index in [-0.39, 0.29) is 12.0 Å². The molecule has 2 rings (SSSR count). The second-order valence-corrected chi connectivity index (χ2v) is 5.50. The van der Waals surface area contributed by atoms with Gasteiger partial charge in [0.15, 0.2) is 0 Å². The van der Waals surface area contributed by atoms with E-state index < -0.39 is 0 Å². The van der Waals surface area contributed by atoms with E-state index in [2.05, 4.69) is 6.92 Å². The third-order valence-corrected chi connectivity index (χ3v) is 4.57. The lowest BCUT2D eigenvalue weighted by Crippen LogP contribution is -2.30. The minimum absolute atomic E-state index is 0.163. The van der Waals surface area contributed by atoms with Crippen molar-refractivity contribution in [3.63, 3.8) is 0 Å². The third kappa shape index (κ3) is 2.48. The van der Waals surface area contributed by atoms with Crippen LogP contribution < -0.4 is 0 Å². The minimum Gasteiger partial charge on any atom is -0.378 e. The number of carbonyl (C=O) groups excluding carboxylic acids is 1. The minimum atomic E-state index is 0.163. The summed E-state index contributed by atoms with van der Waals surface area (Å²) < 4.78 is 5.50. The normalized spacial score (nSPS) is 39.9. The molecule has 0 amide bonds. The van der Waals surface area contributed by atoms with E-state index in [1.807, 2.05) is 6.92 Å². The Kier molecular flexibility index (Phi) is 4.01. The Hall–Kier alpha value is -0.370. The average molecular weight is 224 g/mol. The molecule has 0 aromatic heterocycles. The zero-order valence-corrected chi connectivity index (χ0v) is 10.6. The van der Waals surface area contributed by atoms with Gasteiger partial charge < -0.3 is 4.74 Å². The smallest absolute Gasteiger partial charge is 0.141 e. The summed E-state index contributed by atoms with van der Waals surface area (Å²) in [5.74, 6) is 1.92. The van der Waals surface area contributed by atoms with Gasteiger partial charge in [-0.1, -0.05) is 13.3 Å². The summed E-state index contributed by atoms with van der Waals surface area (Å²) >= 11 is 0. The Morgan fingerprint density at radius 3 is 2.38 bits per heavy atom. The summed E-state index contributed by atoms with van der Waals surface area (Å²) in [5, 5.41) is 0. The Bertz CT molecular complexity index is 241. The predicted molar refractivity (Wildman–Crippen MR) is 64.3 cm³/mol. The van der Waals surface area contributed by atoms with Crippen molar-refractivity contribution in [2.75, 3.05) is 6.61 Å². The topological polar surface area (TPSA) is 26.3 Å². The van der Waals surface area contributed by atoms with Gasteiger partial charge >= 0.3 is 0 Å². The van der Waals surface area contributed by atoms with Gasteiger partial charge in [-0.15, -0.1) is 0 Å². The van der Waals surface area contributed by atoms with E-state index in [1.165, 1.54) is 19.3 Å². The van der Waals surface area contributed by atoms with E-state index in [4.69, 9.17) is 4.74 Å². The molecule has 0 aromatic rings. The van der Waals surface area contributed by atoms with Gasteiger partial charge in [-0.25, -0.2) is 0 Å². The quantitative estimate of drug-likeness (QED) is 0.736. The van der Waals surface area contributed by atoms with Crippen LogP contribution >= 0.6 is 0 Å². The van der Waals surface area contributed by atoms with E-state index in [0.717, 1.165) is 31.8 Å². The van der Waals surface area contributed by atoms with Crippen LogP contribution in [0.1, 0.15) is 52.4 Å². The highest BCUT2D eigenvalue weighted by Gasteiger charge is 2.36. The Morgan fingerprint density at radius 1 is 1.19 bits per heavy atom. The van der Waals surface area contributed by atoms with E-state index in [1.54, 1.807) is 0 Å². The van der Waals surface area contributed by atoms with E-state index in [0.29, 0.717) is 11.7 Å². The van der Waals surface area contributed by atoms with Crippen LogP contribution in [-0.2, 0) is 9.53 Å². The van der Waals surface area contributed by atoms with Gasteiger partial charge in [0.25, 0.3) is 0 Å². The summed E-state index contributed by atoms with van der Waals surface area (Å²) in [7, 11) is 0. The Balaban J connectivity index is 1.86. The third-order valence-electron chi connectivity index (χ3n) is 4.57. The molecule has 2 heteroatoms. The van der Waals surface area contributed by atoms with E-state index >= 15 is 0 Å². The van der Waals surface area contributed by atoms with Gasteiger partial charge in [0, 0.05) is 18.4 Å². The molecule has 0 N–H and O–H groups in total. The van der Waals surface area contributed by atoms with Gasteiger partial charge in [0.1, 0.15) is 5.78 Å². The standard InChI is InChI=1S/C14H24O2/c1-3-11-4-6-12(7-5-11)14(15)13-8-9-16-10(13)2/h10-13H,3-9H2,1-2H3. The molecule has 16 heavy (non-hydrogen) atoms. The summed E-state index contributed by atoms with van der Waals surface area (Å²) in [6.07, 6.45) is 7.17. The molecule has 92 valence electrons. The molecule has 1 aliphatic carbocycles. The SMILES string of the molecule is CCC1CCC(C(=O)C2CCOC2C)CC1. The van der Waals surface area contributed by atoms with Crippen LogP contribution in [0.3, 0.4) is 0 Å². The zero-order valence-electron chi connectivity index (χ0n) is 10.6. The number of Topliss-reactive ketones (excluding diaryl/α,β-unsaturated/α-hetero) is 1.